The number of likely N-dealkylation sites (N-methyl/N-ethyl adjacent to an activating group) is 1. The number of hydrogen-bond donors (Lipinski definition) is 1. The van der Waals surface area contributed by atoms with E-state index in [1.807, 2.05) is 6.08 Å². The quantitative estimate of drug-likeness (QED) is 0.788. The normalized spacial score (nSPS) is 38.1. The van der Waals surface area contributed by atoms with Gasteiger partial charge in [-0.15, -0.1) is 0 Å². The Morgan fingerprint density at radius 2 is 2.24 bits per heavy atom. The number of nitrogens with zero attached hydrogens (tertiary/aromatic N) is 1. The maximum atomic E-state index is 12.7. The number of ether oxygens (including phenoxy) is 1. The van der Waals surface area contributed by atoms with Crippen LogP contribution in [0, 0.1) is 5.92 Å². The molecule has 118 valence electrons. The van der Waals surface area contributed by atoms with E-state index in [4.69, 9.17) is 4.74 Å². The van der Waals surface area contributed by atoms with Crippen LogP contribution in [0.5, 0.6) is 0 Å². The highest BCUT2D eigenvalue weighted by atomic mass is 32.2. The van der Waals surface area contributed by atoms with Crippen LogP contribution in [0.1, 0.15) is 19.3 Å². The van der Waals surface area contributed by atoms with Gasteiger partial charge in [0.15, 0.2) is 9.84 Å². The lowest BCUT2D eigenvalue weighted by Crippen LogP contribution is -2.52. The lowest BCUT2D eigenvalue weighted by Gasteiger charge is -2.28. The molecule has 0 spiro atoms. The molecule has 2 fully saturated rings. The average Bonchev–Trinajstić information content (AvgIpc) is 2.99. The van der Waals surface area contributed by atoms with Crippen molar-refractivity contribution in [2.75, 3.05) is 25.9 Å². The zero-order chi connectivity index (χ0) is 15.0. The summed E-state index contributed by atoms with van der Waals surface area (Å²) in [6, 6.07) is -0.406. The molecule has 0 aromatic heterocycles. The third-order valence-electron chi connectivity index (χ3n) is 4.82. The van der Waals surface area contributed by atoms with E-state index >= 15 is 0 Å². The van der Waals surface area contributed by atoms with Gasteiger partial charge in [0.2, 0.25) is 5.91 Å². The van der Waals surface area contributed by atoms with Crippen LogP contribution in [-0.4, -0.2) is 62.5 Å². The Kier molecular flexibility index (Phi) is 3.96. The van der Waals surface area contributed by atoms with E-state index in [1.165, 1.54) is 0 Å². The van der Waals surface area contributed by atoms with Crippen molar-refractivity contribution in [2.45, 2.75) is 36.7 Å². The summed E-state index contributed by atoms with van der Waals surface area (Å²) in [6.07, 6.45) is 5.69. The number of rotatable bonds is 3. The maximum Gasteiger partial charge on any atom is 0.243 e. The topological polar surface area (TPSA) is 75.7 Å². The predicted octanol–water partition coefficient (Wildman–Crippen LogP) is -0.0874. The number of amides is 1. The number of hydrogen-bond acceptors (Lipinski definition) is 5. The fraction of sp³-hybridized carbons (Fsp3) is 0.786. The van der Waals surface area contributed by atoms with Crippen LogP contribution in [0.25, 0.3) is 0 Å². The minimum Gasteiger partial charge on any atom is -0.496 e. The second kappa shape index (κ2) is 5.61. The lowest BCUT2D eigenvalue weighted by molar-refractivity contribution is -0.135. The van der Waals surface area contributed by atoms with E-state index in [0.717, 1.165) is 6.42 Å². The van der Waals surface area contributed by atoms with Crippen molar-refractivity contribution >= 4 is 15.7 Å². The Hall–Kier alpha value is -1.08. The first-order valence-electron chi connectivity index (χ1n) is 7.52. The van der Waals surface area contributed by atoms with E-state index in [9.17, 15) is 13.2 Å². The molecule has 0 saturated carbocycles. The number of nitrogens with one attached hydrogen (secondary N) is 1. The van der Waals surface area contributed by atoms with Crippen LogP contribution in [-0.2, 0) is 19.4 Å². The molecule has 1 amide bonds. The predicted molar refractivity (Wildman–Crippen MR) is 78.4 cm³/mol. The van der Waals surface area contributed by atoms with Crippen LogP contribution in [0.15, 0.2) is 12.3 Å². The van der Waals surface area contributed by atoms with E-state index in [0.29, 0.717) is 25.9 Å². The van der Waals surface area contributed by atoms with Crippen molar-refractivity contribution in [1.29, 1.82) is 0 Å². The highest BCUT2D eigenvalue weighted by molar-refractivity contribution is 7.92. The van der Waals surface area contributed by atoms with Gasteiger partial charge in [-0.25, -0.2) is 8.42 Å². The highest BCUT2D eigenvalue weighted by Crippen LogP contribution is 2.29. The monoisotopic (exact) mass is 314 g/mol. The number of carbonyl (C=O) groups excluding carboxylic acids is 1. The lowest BCUT2D eigenvalue weighted by atomic mass is 9.96. The molecule has 0 bridgehead atoms. The molecule has 3 rings (SSSR count). The number of likely N-dealkylation sites (tertiary alicyclic amines) is 1. The van der Waals surface area contributed by atoms with E-state index in [-0.39, 0.29) is 23.7 Å². The second-order valence-electron chi connectivity index (χ2n) is 6.06. The van der Waals surface area contributed by atoms with Crippen LogP contribution in [0.2, 0.25) is 0 Å². The van der Waals surface area contributed by atoms with E-state index in [1.54, 1.807) is 18.2 Å². The summed E-state index contributed by atoms with van der Waals surface area (Å²) in [6.45, 7) is 0.917. The Morgan fingerprint density at radius 1 is 1.43 bits per heavy atom. The first-order chi connectivity index (χ1) is 10.0. The molecule has 0 aromatic rings. The summed E-state index contributed by atoms with van der Waals surface area (Å²) >= 11 is 0. The van der Waals surface area contributed by atoms with Crippen molar-refractivity contribution in [3.63, 3.8) is 0 Å². The standard InChI is InChI=1S/C14H22N2O4S/c1-15-12-13-10(5-7-20-13)4-6-16(14(12)17)9-11-3-2-8-21(11,18)19/h5,7,10-13,15H,2-4,6,8-9H2,1H3. The number of carbonyl (C=O) groups is 1. The van der Waals surface area contributed by atoms with Gasteiger partial charge in [-0.1, -0.05) is 0 Å². The van der Waals surface area contributed by atoms with Crippen molar-refractivity contribution in [3.8, 4) is 0 Å². The molecule has 4 unspecified atom stereocenters. The molecule has 0 aromatic carbocycles. The fourth-order valence-electron chi connectivity index (χ4n) is 3.56. The van der Waals surface area contributed by atoms with Crippen molar-refractivity contribution < 1.29 is 17.9 Å². The highest BCUT2D eigenvalue weighted by Gasteiger charge is 2.43. The Morgan fingerprint density at radius 3 is 2.90 bits per heavy atom. The molecule has 2 saturated heterocycles. The van der Waals surface area contributed by atoms with Gasteiger partial charge in [-0.05, 0) is 32.4 Å². The largest absolute Gasteiger partial charge is 0.496 e. The van der Waals surface area contributed by atoms with Crippen molar-refractivity contribution in [3.05, 3.63) is 12.3 Å². The van der Waals surface area contributed by atoms with Gasteiger partial charge in [0, 0.05) is 19.0 Å². The molecule has 21 heavy (non-hydrogen) atoms. The molecule has 3 heterocycles. The van der Waals surface area contributed by atoms with Gasteiger partial charge < -0.3 is 15.0 Å². The van der Waals surface area contributed by atoms with E-state index in [2.05, 4.69) is 5.32 Å². The van der Waals surface area contributed by atoms with Gasteiger partial charge >= 0.3 is 0 Å². The SMILES string of the molecule is CNC1C(=O)N(CC2CCCS2(=O)=O)CCC2C=COC21. The van der Waals surface area contributed by atoms with Crippen LogP contribution in [0.4, 0.5) is 0 Å². The zero-order valence-corrected chi connectivity index (χ0v) is 13.0. The van der Waals surface area contributed by atoms with Crippen LogP contribution >= 0.6 is 0 Å². The minimum absolute atomic E-state index is 0.0456. The summed E-state index contributed by atoms with van der Waals surface area (Å²) in [5.41, 5.74) is 0. The van der Waals surface area contributed by atoms with Gasteiger partial charge in [-0.2, -0.15) is 0 Å². The molecule has 6 nitrogen and oxygen atoms in total. The average molecular weight is 314 g/mol. The van der Waals surface area contributed by atoms with Crippen molar-refractivity contribution in [2.24, 2.45) is 5.92 Å². The number of sulfone groups is 1. The molecule has 3 aliphatic rings. The third-order valence-corrected chi connectivity index (χ3v) is 7.08. The maximum absolute atomic E-state index is 12.7. The van der Waals surface area contributed by atoms with Gasteiger partial charge in [-0.3, -0.25) is 4.79 Å². The minimum atomic E-state index is -3.02. The molecular weight excluding hydrogens is 292 g/mol. The molecule has 1 N–H and O–H groups in total. The summed E-state index contributed by atoms with van der Waals surface area (Å²) in [7, 11) is -1.28. The molecule has 7 heteroatoms. The van der Waals surface area contributed by atoms with E-state index < -0.39 is 21.1 Å². The fourth-order valence-corrected chi connectivity index (χ4v) is 5.40. The Bertz CT molecular complexity index is 545. The van der Waals surface area contributed by atoms with Gasteiger partial charge in [0.1, 0.15) is 12.1 Å². The smallest absolute Gasteiger partial charge is 0.243 e. The third kappa shape index (κ3) is 2.68. The van der Waals surface area contributed by atoms with Crippen LogP contribution in [0.3, 0.4) is 0 Å². The molecule has 4 atom stereocenters. The first kappa shape index (κ1) is 14.8. The van der Waals surface area contributed by atoms with Crippen molar-refractivity contribution in [1.82, 2.24) is 10.2 Å². The molecular formula is C14H22N2O4S. The zero-order valence-electron chi connectivity index (χ0n) is 12.2. The second-order valence-corrected chi connectivity index (χ2v) is 8.46. The Balaban J connectivity index is 1.76. The number of fused-ring (bicyclic) bond motifs is 1. The van der Waals surface area contributed by atoms with Gasteiger partial charge in [0.25, 0.3) is 0 Å². The first-order valence-corrected chi connectivity index (χ1v) is 9.24. The summed E-state index contributed by atoms with van der Waals surface area (Å²) in [5.74, 6) is 0.430. The summed E-state index contributed by atoms with van der Waals surface area (Å²) in [4.78, 5) is 14.4. The molecule has 0 aliphatic carbocycles. The van der Waals surface area contributed by atoms with Crippen LogP contribution < -0.4 is 5.32 Å². The Labute approximate surface area is 125 Å². The van der Waals surface area contributed by atoms with Gasteiger partial charge in [0.05, 0.1) is 17.3 Å². The molecule has 0 radical (unpaired) electrons. The summed E-state index contributed by atoms with van der Waals surface area (Å²) in [5, 5.41) is 2.64. The summed E-state index contributed by atoms with van der Waals surface area (Å²) < 4.78 is 29.5. The molecule has 3 aliphatic heterocycles.